The molecule has 1 aliphatic carbocycles. The minimum Gasteiger partial charge on any atom is -0.368 e. The number of anilines is 3. The monoisotopic (exact) mass is 1040 g/mol. The third-order valence-corrected chi connectivity index (χ3v) is 17.2. The smallest absolute Gasteiger partial charge is 0.241 e. The first kappa shape index (κ1) is 49.5. The van der Waals surface area contributed by atoms with Crippen LogP contribution in [0.4, 0.5) is 23.0 Å². The predicted octanol–water partition coefficient (Wildman–Crippen LogP) is 17.7. The molecule has 9 aromatic rings. The highest BCUT2D eigenvalue weighted by molar-refractivity contribution is 8.00. The summed E-state index contributed by atoms with van der Waals surface area (Å²) >= 11 is 3.49. The third-order valence-electron chi connectivity index (χ3n) is 14.8. The second-order valence-corrected chi connectivity index (χ2v) is 21.7. The van der Waals surface area contributed by atoms with Crippen molar-refractivity contribution in [2.45, 2.75) is 77.5 Å². The molecule has 0 saturated carbocycles. The Bertz CT molecular complexity index is 4170. The van der Waals surface area contributed by atoms with Gasteiger partial charge in [-0.1, -0.05) is 159 Å². The molecule has 11 heteroatoms. The van der Waals surface area contributed by atoms with Gasteiger partial charge in [-0.3, -0.25) is 19.0 Å². The number of thiazole rings is 1. The molecular formula is C66H59N9S2. The Labute approximate surface area is 458 Å². The summed E-state index contributed by atoms with van der Waals surface area (Å²) in [7, 11) is 0. The van der Waals surface area contributed by atoms with E-state index in [9.17, 15) is 0 Å². The number of allylic oxidation sites excluding steroid dienone is 12. The first-order valence-electron chi connectivity index (χ1n) is 26.4. The Kier molecular flexibility index (Phi) is 13.3. The van der Waals surface area contributed by atoms with Crippen LogP contribution in [0.2, 0.25) is 0 Å². The third kappa shape index (κ3) is 8.73. The summed E-state index contributed by atoms with van der Waals surface area (Å²) in [6.07, 6.45) is 29.1. The van der Waals surface area contributed by atoms with E-state index >= 15 is 0 Å². The summed E-state index contributed by atoms with van der Waals surface area (Å²) in [5, 5.41) is 8.11. The lowest BCUT2D eigenvalue weighted by atomic mass is 9.99. The summed E-state index contributed by atoms with van der Waals surface area (Å²) in [6.45, 7) is 21.5. The van der Waals surface area contributed by atoms with E-state index in [4.69, 9.17) is 31.5 Å². The van der Waals surface area contributed by atoms with Crippen molar-refractivity contribution < 1.29 is 0 Å². The molecule has 5 aromatic carbocycles. The van der Waals surface area contributed by atoms with Crippen LogP contribution < -0.4 is 10.2 Å². The van der Waals surface area contributed by atoms with Crippen molar-refractivity contribution in [1.29, 1.82) is 0 Å². The molecular weight excluding hydrogens is 983 g/mol. The van der Waals surface area contributed by atoms with Crippen molar-refractivity contribution in [3.05, 3.63) is 216 Å². The maximum atomic E-state index is 5.73. The van der Waals surface area contributed by atoms with Crippen LogP contribution >= 0.6 is 23.1 Å². The molecule has 1 atom stereocenters. The molecule has 9 nitrogen and oxygen atoms in total. The van der Waals surface area contributed by atoms with E-state index in [0.29, 0.717) is 24.3 Å². The minimum atomic E-state index is -0.0440. The minimum absolute atomic E-state index is 0.0440. The zero-order valence-electron chi connectivity index (χ0n) is 44.3. The van der Waals surface area contributed by atoms with Crippen LogP contribution in [0.15, 0.2) is 203 Å². The molecule has 2 aliphatic heterocycles. The lowest BCUT2D eigenvalue weighted by Gasteiger charge is -2.28. The van der Waals surface area contributed by atoms with Crippen molar-refractivity contribution in [2.24, 2.45) is 4.99 Å². The number of nitrogens with one attached hydrogen (secondary N) is 1. The van der Waals surface area contributed by atoms with Crippen LogP contribution in [0.25, 0.3) is 71.5 Å². The SMILES string of the molecule is C=C/C=C\C(=C/C)C1Nc2ccc3c(c2S1)N(c1nc(-n2c4c(c5ccc(N=C(C)C(/C=C\CC)=C/C)c(C)c52)CCC=C4)nc(-n2c4ccccc4c4ccc5nc(-c6ccccc6)sc5c42)n1)C(=C)/C=C\C(C)=C/C3. The summed E-state index contributed by atoms with van der Waals surface area (Å²) < 4.78 is 5.56. The average molecular weight is 1040 g/mol. The molecule has 0 fully saturated rings. The summed E-state index contributed by atoms with van der Waals surface area (Å²) in [6, 6.07) is 32.2. The standard InChI is InChI=1S/C66H59N9S2/c1-9-13-22-44(11-3)43(8)67-52-38-35-50-48-26-18-20-28-55(48)74(57(50)42(52)7)65-70-64(73-41(6)32-30-40(5)31-33-46-34-37-53-60(58(46)73)76-62(68-53)45(12-4)23-14-10-2)71-66(72-65)75-56-29-21-19-27-49(56)51-36-39-54-61(59(51)75)77-63(69-54)47-24-16-15-17-25-47/h10-17,19-25,27-32,34-39,62,68H,2,6,9,18,26,33H2,1,3-5,7-8H3/b22-13-,23-14-,32-30-,40-31-,44-11+,45-12+,67-43?. The van der Waals surface area contributed by atoms with Crippen LogP contribution in [0.3, 0.4) is 0 Å². The van der Waals surface area contributed by atoms with E-state index in [-0.39, 0.29) is 5.37 Å². The van der Waals surface area contributed by atoms with Crippen LogP contribution in [-0.2, 0) is 12.8 Å². The Morgan fingerprint density at radius 1 is 0.818 bits per heavy atom. The van der Waals surface area contributed by atoms with E-state index in [1.165, 1.54) is 5.56 Å². The van der Waals surface area contributed by atoms with Crippen LogP contribution in [0.5, 0.6) is 0 Å². The van der Waals surface area contributed by atoms with Gasteiger partial charge < -0.3 is 5.32 Å². The molecule has 380 valence electrons. The molecule has 0 spiro atoms. The van der Waals surface area contributed by atoms with Crippen molar-refractivity contribution in [1.82, 2.24) is 29.1 Å². The van der Waals surface area contributed by atoms with E-state index in [1.54, 1.807) is 23.1 Å². The maximum absolute atomic E-state index is 5.73. The fraction of sp³-hybridized carbons (Fsp3) is 0.167. The molecule has 0 radical (unpaired) electrons. The lowest BCUT2D eigenvalue weighted by molar-refractivity contribution is 0.850. The molecule has 0 bridgehead atoms. The number of para-hydroxylation sites is 1. The van der Waals surface area contributed by atoms with Crippen LogP contribution in [0, 0.1) is 6.92 Å². The van der Waals surface area contributed by atoms with Gasteiger partial charge in [-0.25, -0.2) is 4.98 Å². The molecule has 12 rings (SSSR count). The molecule has 3 aliphatic rings. The molecule has 1 unspecified atom stereocenters. The Morgan fingerprint density at radius 3 is 2.42 bits per heavy atom. The number of nitrogens with zero attached hydrogens (tertiary/aromatic N) is 8. The van der Waals surface area contributed by atoms with Gasteiger partial charge in [0.15, 0.2) is 0 Å². The Hall–Kier alpha value is -8.38. The maximum Gasteiger partial charge on any atom is 0.241 e. The average Bonchev–Trinajstić information content (AvgIpc) is 4.40. The Morgan fingerprint density at radius 2 is 1.61 bits per heavy atom. The number of hydrogen-bond donors (Lipinski definition) is 1. The molecule has 0 amide bonds. The van der Waals surface area contributed by atoms with E-state index in [2.05, 4.69) is 213 Å². The first-order chi connectivity index (χ1) is 37.7. The van der Waals surface area contributed by atoms with Gasteiger partial charge in [-0.15, -0.1) is 11.3 Å². The Balaban J connectivity index is 1.18. The van der Waals surface area contributed by atoms with E-state index in [0.717, 1.165) is 140 Å². The van der Waals surface area contributed by atoms with Crippen molar-refractivity contribution in [3.63, 3.8) is 0 Å². The zero-order valence-corrected chi connectivity index (χ0v) is 45.9. The number of thioether (sulfide) groups is 1. The van der Waals surface area contributed by atoms with Gasteiger partial charge in [0, 0.05) is 33.1 Å². The number of fused-ring (bicyclic) bond motifs is 11. The number of aliphatic imine (C=N–C) groups is 1. The topological polar surface area (TPSA) is 89.0 Å². The number of aromatic nitrogens is 6. The van der Waals surface area contributed by atoms with Gasteiger partial charge in [0.25, 0.3) is 0 Å². The molecule has 77 heavy (non-hydrogen) atoms. The second-order valence-electron chi connectivity index (χ2n) is 19.6. The first-order valence-corrected chi connectivity index (χ1v) is 28.1. The van der Waals surface area contributed by atoms with Crippen molar-refractivity contribution in [2.75, 3.05) is 10.2 Å². The number of aryl methyl sites for hydroxylation is 2. The van der Waals surface area contributed by atoms with Gasteiger partial charge in [0.2, 0.25) is 17.8 Å². The summed E-state index contributed by atoms with van der Waals surface area (Å²) in [5.41, 5.74) is 17.4. The highest BCUT2D eigenvalue weighted by atomic mass is 32.2. The summed E-state index contributed by atoms with van der Waals surface area (Å²) in [5.74, 6) is 1.42. The molecule has 4 aromatic heterocycles. The van der Waals surface area contributed by atoms with Crippen molar-refractivity contribution >= 4 is 101 Å². The largest absolute Gasteiger partial charge is 0.368 e. The van der Waals surface area contributed by atoms with Crippen molar-refractivity contribution in [3.8, 4) is 22.5 Å². The van der Waals surface area contributed by atoms with Gasteiger partial charge in [0.1, 0.15) is 10.4 Å². The highest BCUT2D eigenvalue weighted by Crippen LogP contribution is 2.51. The molecule has 1 N–H and O–H groups in total. The van der Waals surface area contributed by atoms with E-state index < -0.39 is 0 Å². The van der Waals surface area contributed by atoms with Gasteiger partial charge >= 0.3 is 0 Å². The predicted molar refractivity (Wildman–Crippen MR) is 328 cm³/mol. The fourth-order valence-corrected chi connectivity index (χ4v) is 13.4. The molecule has 6 heterocycles. The van der Waals surface area contributed by atoms with E-state index in [1.807, 2.05) is 18.2 Å². The fourth-order valence-electron chi connectivity index (χ4n) is 10.9. The highest BCUT2D eigenvalue weighted by Gasteiger charge is 2.34. The quantitative estimate of drug-likeness (QED) is 0.102. The number of rotatable bonds is 11. The molecule has 0 saturated heterocycles. The number of hydrogen-bond acceptors (Lipinski definition) is 9. The zero-order chi connectivity index (χ0) is 52.9. The van der Waals surface area contributed by atoms with Crippen LogP contribution in [-0.4, -0.2) is 40.2 Å². The van der Waals surface area contributed by atoms with Gasteiger partial charge in [0.05, 0.1) is 54.4 Å². The van der Waals surface area contributed by atoms with Gasteiger partial charge in [-0.2, -0.15) is 15.0 Å². The second kappa shape index (κ2) is 20.6. The number of benzene rings is 5. The summed E-state index contributed by atoms with van der Waals surface area (Å²) in [4.78, 5) is 31.0. The van der Waals surface area contributed by atoms with Crippen LogP contribution in [0.1, 0.15) is 69.8 Å². The normalized spacial score (nSPS) is 17.2. The lowest BCUT2D eigenvalue weighted by Crippen LogP contribution is -2.22. The van der Waals surface area contributed by atoms with Gasteiger partial charge in [-0.05, 0) is 131 Å².